The zero-order valence-electron chi connectivity index (χ0n) is 24.4. The average Bonchev–Trinajstić information content (AvgIpc) is 3.64. The summed E-state index contributed by atoms with van der Waals surface area (Å²) in [5.41, 5.74) is 4.94. The van der Waals surface area contributed by atoms with E-state index in [9.17, 15) is 9.59 Å². The van der Waals surface area contributed by atoms with Crippen molar-refractivity contribution in [1.82, 2.24) is 0 Å². The fraction of sp³-hybridized carbons (Fsp3) is 0.222. The second-order valence-corrected chi connectivity index (χ2v) is 10.8. The molecule has 8 nitrogen and oxygen atoms in total. The van der Waals surface area contributed by atoms with Gasteiger partial charge >= 0.3 is 5.97 Å². The van der Waals surface area contributed by atoms with E-state index in [0.717, 1.165) is 30.8 Å². The first-order valence-corrected chi connectivity index (χ1v) is 14.5. The van der Waals surface area contributed by atoms with Crippen LogP contribution < -0.4 is 28.4 Å². The summed E-state index contributed by atoms with van der Waals surface area (Å²) in [7, 11) is 3.13. The highest BCUT2D eigenvalue weighted by Crippen LogP contribution is 2.50. The zero-order chi connectivity index (χ0) is 30.2. The number of carbonyl (C=O) groups is 2. The first-order valence-electron chi connectivity index (χ1n) is 14.5. The Morgan fingerprint density at radius 2 is 1.75 bits per heavy atom. The summed E-state index contributed by atoms with van der Waals surface area (Å²) in [5, 5.41) is 0. The number of hydrogen-bond donors (Lipinski definition) is 0. The third-order valence-electron chi connectivity index (χ3n) is 8.20. The topological polar surface area (TPSA) is 89.5 Å². The second-order valence-electron chi connectivity index (χ2n) is 10.8. The van der Waals surface area contributed by atoms with Gasteiger partial charge in [0.2, 0.25) is 5.78 Å². The predicted octanol–water partition coefficient (Wildman–Crippen LogP) is 6.32. The van der Waals surface area contributed by atoms with Gasteiger partial charge in [0, 0.05) is 41.5 Å². The molecule has 8 heteroatoms. The van der Waals surface area contributed by atoms with Crippen LogP contribution in [0.25, 0.3) is 6.08 Å². The van der Waals surface area contributed by atoms with Crippen LogP contribution in [0.3, 0.4) is 0 Å². The molecule has 44 heavy (non-hydrogen) atoms. The van der Waals surface area contributed by atoms with Crippen molar-refractivity contribution in [3.05, 3.63) is 112 Å². The van der Waals surface area contributed by atoms with Crippen molar-refractivity contribution in [3.63, 3.8) is 0 Å². The molecule has 3 aliphatic heterocycles. The first-order chi connectivity index (χ1) is 21.5. The number of carbonyl (C=O) groups excluding carboxylic acids is 2. The highest BCUT2D eigenvalue weighted by Gasteiger charge is 2.39. The Bertz CT molecular complexity index is 1820. The summed E-state index contributed by atoms with van der Waals surface area (Å²) < 4.78 is 34.7. The van der Waals surface area contributed by atoms with Crippen LogP contribution in [0.1, 0.15) is 50.5 Å². The number of hydrogen-bond acceptors (Lipinski definition) is 8. The summed E-state index contributed by atoms with van der Waals surface area (Å²) in [5.74, 6) is 2.65. The SMILES string of the molecule is COc1ccc(C=C2Oc3c(ccc4c3C(c3ccccc3OCCc3ccc5c(c3)CCO5)CC(=O)O4)C2=O)c(OC)c1. The van der Waals surface area contributed by atoms with Gasteiger partial charge in [-0.3, -0.25) is 9.59 Å². The number of ether oxygens (including phenoxy) is 6. The van der Waals surface area contributed by atoms with Crippen molar-refractivity contribution < 1.29 is 38.0 Å². The summed E-state index contributed by atoms with van der Waals surface area (Å²) >= 11 is 0. The van der Waals surface area contributed by atoms with Gasteiger partial charge in [-0.15, -0.1) is 0 Å². The van der Waals surface area contributed by atoms with Crippen LogP contribution in [0.2, 0.25) is 0 Å². The van der Waals surface area contributed by atoms with Gasteiger partial charge in [0.1, 0.15) is 34.5 Å². The number of allylic oxidation sites excluding steroid dienone is 1. The average molecular weight is 591 g/mol. The number of Topliss-reactive ketones (excluding diaryl/α,β-unsaturated/α-hetero) is 1. The lowest BCUT2D eigenvalue weighted by Crippen LogP contribution is -2.22. The number of rotatable bonds is 8. The van der Waals surface area contributed by atoms with Crippen LogP contribution >= 0.6 is 0 Å². The van der Waals surface area contributed by atoms with Crippen molar-refractivity contribution in [2.24, 2.45) is 0 Å². The van der Waals surface area contributed by atoms with E-state index in [1.54, 1.807) is 50.6 Å². The highest BCUT2D eigenvalue weighted by molar-refractivity contribution is 6.15. The summed E-state index contributed by atoms with van der Waals surface area (Å²) in [4.78, 5) is 26.3. The Kier molecular flexibility index (Phi) is 7.18. The largest absolute Gasteiger partial charge is 0.497 e. The maximum absolute atomic E-state index is 13.5. The number of methoxy groups -OCH3 is 2. The molecule has 0 saturated carbocycles. The Balaban J connectivity index is 1.19. The molecule has 4 aromatic rings. The summed E-state index contributed by atoms with van der Waals surface area (Å²) in [6.45, 7) is 1.18. The Morgan fingerprint density at radius 1 is 0.886 bits per heavy atom. The lowest BCUT2D eigenvalue weighted by molar-refractivity contribution is -0.135. The standard InChI is InChI=1S/C36H30O8/c1-39-24-9-8-22(31(19-24)40-2)18-32-35(38)26-10-12-30-34(36(26)44-32)27(20-33(37)43-30)25-5-3-4-6-29(25)42-15-13-21-7-11-28-23(17-21)14-16-41-28/h3-12,17-19,27H,13-16,20H2,1-2H3. The third kappa shape index (κ3) is 5.02. The number of fused-ring (bicyclic) bond motifs is 4. The number of para-hydroxylation sites is 1. The molecule has 0 N–H and O–H groups in total. The number of ketones is 1. The lowest BCUT2D eigenvalue weighted by atomic mass is 9.84. The van der Waals surface area contributed by atoms with E-state index < -0.39 is 5.92 Å². The van der Waals surface area contributed by atoms with E-state index in [2.05, 4.69) is 12.1 Å². The normalized spacial score (nSPS) is 17.2. The van der Waals surface area contributed by atoms with Gasteiger partial charge < -0.3 is 28.4 Å². The summed E-state index contributed by atoms with van der Waals surface area (Å²) in [6.07, 6.45) is 3.38. The van der Waals surface area contributed by atoms with Crippen molar-refractivity contribution in [3.8, 4) is 34.5 Å². The molecule has 0 bridgehead atoms. The van der Waals surface area contributed by atoms with Crippen LogP contribution in [0.4, 0.5) is 0 Å². The molecular weight excluding hydrogens is 560 g/mol. The first kappa shape index (κ1) is 27.6. The minimum absolute atomic E-state index is 0.0809. The molecule has 0 fully saturated rings. The van der Waals surface area contributed by atoms with Crippen molar-refractivity contribution in [2.75, 3.05) is 27.4 Å². The van der Waals surface area contributed by atoms with E-state index in [4.69, 9.17) is 28.4 Å². The smallest absolute Gasteiger partial charge is 0.312 e. The Labute approximate surface area is 254 Å². The minimum atomic E-state index is -0.433. The molecule has 0 amide bonds. The molecule has 3 heterocycles. The number of esters is 1. The maximum atomic E-state index is 13.5. The van der Waals surface area contributed by atoms with Crippen LogP contribution in [-0.4, -0.2) is 39.2 Å². The van der Waals surface area contributed by atoms with Crippen molar-refractivity contribution in [1.29, 1.82) is 0 Å². The molecular formula is C36H30O8. The minimum Gasteiger partial charge on any atom is -0.497 e. The Morgan fingerprint density at radius 3 is 2.61 bits per heavy atom. The molecule has 3 aliphatic rings. The molecule has 0 aromatic heterocycles. The molecule has 222 valence electrons. The van der Waals surface area contributed by atoms with Crippen molar-refractivity contribution >= 4 is 17.8 Å². The van der Waals surface area contributed by atoms with Gasteiger partial charge in [0.25, 0.3) is 0 Å². The Hall–Kier alpha value is -5.24. The van der Waals surface area contributed by atoms with Gasteiger partial charge in [0.15, 0.2) is 5.76 Å². The fourth-order valence-electron chi connectivity index (χ4n) is 6.02. The van der Waals surface area contributed by atoms with Crippen LogP contribution in [0.15, 0.2) is 78.6 Å². The molecule has 1 unspecified atom stereocenters. The number of benzene rings is 4. The second kappa shape index (κ2) is 11.4. The highest BCUT2D eigenvalue weighted by atomic mass is 16.5. The predicted molar refractivity (Wildman–Crippen MR) is 162 cm³/mol. The van der Waals surface area contributed by atoms with E-state index >= 15 is 0 Å². The summed E-state index contributed by atoms with van der Waals surface area (Å²) in [6, 6.07) is 22.6. The van der Waals surface area contributed by atoms with Gasteiger partial charge in [0.05, 0.1) is 39.4 Å². The monoisotopic (exact) mass is 590 g/mol. The van der Waals surface area contributed by atoms with Gasteiger partial charge in [-0.1, -0.05) is 30.3 Å². The van der Waals surface area contributed by atoms with Crippen LogP contribution in [-0.2, 0) is 17.6 Å². The molecule has 0 spiro atoms. The van der Waals surface area contributed by atoms with Crippen LogP contribution in [0.5, 0.6) is 34.5 Å². The van der Waals surface area contributed by atoms with E-state index in [1.165, 1.54) is 11.1 Å². The van der Waals surface area contributed by atoms with Gasteiger partial charge in [-0.25, -0.2) is 0 Å². The molecule has 4 aromatic carbocycles. The van der Waals surface area contributed by atoms with Gasteiger partial charge in [-0.2, -0.15) is 0 Å². The zero-order valence-corrected chi connectivity index (χ0v) is 24.4. The van der Waals surface area contributed by atoms with E-state index in [-0.39, 0.29) is 23.9 Å². The fourth-order valence-corrected chi connectivity index (χ4v) is 6.02. The third-order valence-corrected chi connectivity index (χ3v) is 8.20. The van der Waals surface area contributed by atoms with E-state index in [0.29, 0.717) is 52.0 Å². The quantitative estimate of drug-likeness (QED) is 0.134. The lowest BCUT2D eigenvalue weighted by Gasteiger charge is -2.27. The van der Waals surface area contributed by atoms with Gasteiger partial charge in [-0.05, 0) is 53.6 Å². The van der Waals surface area contributed by atoms with E-state index in [1.807, 2.05) is 30.3 Å². The molecule has 7 rings (SSSR count). The molecule has 0 radical (unpaired) electrons. The molecule has 0 aliphatic carbocycles. The van der Waals surface area contributed by atoms with Crippen LogP contribution in [0, 0.1) is 0 Å². The molecule has 1 atom stereocenters. The molecule has 0 saturated heterocycles. The van der Waals surface area contributed by atoms with Crippen molar-refractivity contribution in [2.45, 2.75) is 25.2 Å². The maximum Gasteiger partial charge on any atom is 0.312 e.